The van der Waals surface area contributed by atoms with Gasteiger partial charge in [0.15, 0.2) is 0 Å². The molecule has 2 N–H and O–H groups in total. The fraction of sp³-hybridized carbons (Fsp3) is 0.929. The summed E-state index contributed by atoms with van der Waals surface area (Å²) in [4.78, 5) is 12.6. The number of thioether (sulfide) groups is 1. The van der Waals surface area contributed by atoms with Gasteiger partial charge < -0.3 is 10.6 Å². The van der Waals surface area contributed by atoms with Gasteiger partial charge in [-0.25, -0.2) is 0 Å². The van der Waals surface area contributed by atoms with E-state index < -0.39 is 0 Å². The highest BCUT2D eigenvalue weighted by Crippen LogP contribution is 2.34. The van der Waals surface area contributed by atoms with Crippen LogP contribution in [0.3, 0.4) is 0 Å². The largest absolute Gasteiger partial charge is 0.352 e. The zero-order valence-corrected chi connectivity index (χ0v) is 12.3. The Morgan fingerprint density at radius 1 is 1.44 bits per heavy atom. The Kier molecular flexibility index (Phi) is 5.37. The summed E-state index contributed by atoms with van der Waals surface area (Å²) in [5, 5.41) is 6.70. The van der Waals surface area contributed by atoms with E-state index in [4.69, 9.17) is 0 Å². The average molecular weight is 270 g/mol. The predicted octanol–water partition coefficient (Wildman–Crippen LogP) is 2.17. The van der Waals surface area contributed by atoms with Crippen molar-refractivity contribution in [3.05, 3.63) is 0 Å². The van der Waals surface area contributed by atoms with Gasteiger partial charge in [0.1, 0.15) is 0 Å². The Bertz CT molecular complexity index is 265. The van der Waals surface area contributed by atoms with Gasteiger partial charge in [0.2, 0.25) is 5.91 Å². The fourth-order valence-electron chi connectivity index (χ4n) is 3.17. The van der Waals surface area contributed by atoms with Gasteiger partial charge in [-0.2, -0.15) is 11.8 Å². The summed E-state index contributed by atoms with van der Waals surface area (Å²) in [5.41, 5.74) is -0.0812. The molecule has 2 aliphatic heterocycles. The SMILES string of the molecule is CCCC1(C(=O)NC2CCCSC2)CCNCC1. The first-order valence-corrected chi connectivity index (χ1v) is 8.52. The molecule has 2 fully saturated rings. The molecule has 0 aliphatic carbocycles. The normalized spacial score (nSPS) is 27.7. The van der Waals surface area contributed by atoms with E-state index in [1.54, 1.807) is 0 Å². The van der Waals surface area contributed by atoms with Crippen molar-refractivity contribution in [2.75, 3.05) is 24.6 Å². The molecule has 0 spiro atoms. The van der Waals surface area contributed by atoms with Crippen LogP contribution in [0.15, 0.2) is 0 Å². The molecule has 104 valence electrons. The number of hydrogen-bond donors (Lipinski definition) is 2. The van der Waals surface area contributed by atoms with Crippen molar-refractivity contribution in [2.45, 2.75) is 51.5 Å². The minimum absolute atomic E-state index is 0.0812. The number of hydrogen-bond acceptors (Lipinski definition) is 3. The van der Waals surface area contributed by atoms with Crippen molar-refractivity contribution in [3.8, 4) is 0 Å². The number of carbonyl (C=O) groups is 1. The van der Waals surface area contributed by atoms with Crippen molar-refractivity contribution in [2.24, 2.45) is 5.41 Å². The molecule has 3 nitrogen and oxygen atoms in total. The molecular weight excluding hydrogens is 244 g/mol. The molecule has 1 amide bonds. The standard InChI is InChI=1S/C14H26N2OS/c1-2-5-14(6-8-15-9-7-14)13(17)16-12-4-3-10-18-11-12/h12,15H,2-11H2,1H3,(H,16,17). The highest BCUT2D eigenvalue weighted by atomic mass is 32.2. The molecule has 18 heavy (non-hydrogen) atoms. The Labute approximate surface area is 115 Å². The lowest BCUT2D eigenvalue weighted by molar-refractivity contribution is -0.133. The molecule has 2 aliphatic rings. The van der Waals surface area contributed by atoms with Crippen LogP contribution >= 0.6 is 11.8 Å². The maximum Gasteiger partial charge on any atom is 0.226 e. The van der Waals surface area contributed by atoms with Crippen LogP contribution in [0.2, 0.25) is 0 Å². The van der Waals surface area contributed by atoms with Crippen LogP contribution in [0.25, 0.3) is 0 Å². The number of rotatable bonds is 4. The third-order valence-corrected chi connectivity index (χ3v) is 5.48. The monoisotopic (exact) mass is 270 g/mol. The molecule has 0 aromatic rings. The summed E-state index contributed by atoms with van der Waals surface area (Å²) < 4.78 is 0. The van der Waals surface area contributed by atoms with E-state index in [1.807, 2.05) is 11.8 Å². The maximum absolute atomic E-state index is 12.6. The summed E-state index contributed by atoms with van der Waals surface area (Å²) in [5.74, 6) is 2.70. The highest BCUT2D eigenvalue weighted by molar-refractivity contribution is 7.99. The number of nitrogens with one attached hydrogen (secondary N) is 2. The van der Waals surface area contributed by atoms with Gasteiger partial charge in [0.25, 0.3) is 0 Å². The molecule has 0 bridgehead atoms. The minimum atomic E-state index is -0.0812. The summed E-state index contributed by atoms with van der Waals surface area (Å²) >= 11 is 1.98. The van der Waals surface area contributed by atoms with Crippen molar-refractivity contribution in [3.63, 3.8) is 0 Å². The predicted molar refractivity (Wildman–Crippen MR) is 77.9 cm³/mol. The third-order valence-electron chi connectivity index (χ3n) is 4.27. The molecular formula is C14H26N2OS. The van der Waals surface area contributed by atoms with E-state index in [0.717, 1.165) is 44.5 Å². The first kappa shape index (κ1) is 14.2. The zero-order chi connectivity index (χ0) is 12.8. The van der Waals surface area contributed by atoms with Crippen LogP contribution < -0.4 is 10.6 Å². The highest BCUT2D eigenvalue weighted by Gasteiger charge is 2.39. The van der Waals surface area contributed by atoms with Gasteiger partial charge in [0.05, 0.1) is 5.41 Å². The lowest BCUT2D eigenvalue weighted by Crippen LogP contribution is -2.51. The summed E-state index contributed by atoms with van der Waals surface area (Å²) in [7, 11) is 0. The fourth-order valence-corrected chi connectivity index (χ4v) is 4.24. The Hall–Kier alpha value is -0.220. The van der Waals surface area contributed by atoms with Crippen LogP contribution in [0, 0.1) is 5.41 Å². The number of piperidine rings is 1. The first-order chi connectivity index (χ1) is 8.77. The van der Waals surface area contributed by atoms with Crippen LogP contribution in [0.4, 0.5) is 0 Å². The quantitative estimate of drug-likeness (QED) is 0.822. The van der Waals surface area contributed by atoms with Crippen molar-refractivity contribution in [1.82, 2.24) is 10.6 Å². The summed E-state index contributed by atoms with van der Waals surface area (Å²) in [6.07, 6.45) is 6.57. The Morgan fingerprint density at radius 2 is 2.22 bits per heavy atom. The van der Waals surface area contributed by atoms with Crippen LogP contribution in [-0.4, -0.2) is 36.5 Å². The molecule has 1 atom stereocenters. The molecule has 0 saturated carbocycles. The Balaban J connectivity index is 1.94. The third kappa shape index (κ3) is 3.41. The van der Waals surface area contributed by atoms with E-state index in [-0.39, 0.29) is 5.41 Å². The minimum Gasteiger partial charge on any atom is -0.352 e. The van der Waals surface area contributed by atoms with E-state index in [9.17, 15) is 4.79 Å². The molecule has 2 saturated heterocycles. The molecule has 2 heterocycles. The number of carbonyl (C=O) groups excluding carboxylic acids is 1. The molecule has 1 unspecified atom stereocenters. The van der Waals surface area contributed by atoms with Crippen molar-refractivity contribution in [1.29, 1.82) is 0 Å². The zero-order valence-electron chi connectivity index (χ0n) is 11.5. The maximum atomic E-state index is 12.6. The summed E-state index contributed by atoms with van der Waals surface area (Å²) in [6.45, 7) is 4.17. The second-order valence-electron chi connectivity index (χ2n) is 5.67. The van der Waals surface area contributed by atoms with E-state index in [1.165, 1.54) is 18.6 Å². The van der Waals surface area contributed by atoms with Gasteiger partial charge in [-0.1, -0.05) is 13.3 Å². The lowest BCUT2D eigenvalue weighted by atomic mass is 9.74. The topological polar surface area (TPSA) is 41.1 Å². The average Bonchev–Trinajstić information content (AvgIpc) is 2.41. The van der Waals surface area contributed by atoms with Crippen LogP contribution in [0.1, 0.15) is 45.4 Å². The Morgan fingerprint density at radius 3 is 2.83 bits per heavy atom. The molecule has 2 rings (SSSR count). The van der Waals surface area contributed by atoms with Gasteiger partial charge in [-0.15, -0.1) is 0 Å². The van der Waals surface area contributed by atoms with Crippen LogP contribution in [-0.2, 0) is 4.79 Å². The lowest BCUT2D eigenvalue weighted by Gasteiger charge is -2.37. The molecule has 0 radical (unpaired) electrons. The number of amides is 1. The van der Waals surface area contributed by atoms with Crippen molar-refractivity contribution >= 4 is 17.7 Å². The smallest absolute Gasteiger partial charge is 0.226 e. The molecule has 0 aromatic heterocycles. The van der Waals surface area contributed by atoms with Gasteiger partial charge >= 0.3 is 0 Å². The van der Waals surface area contributed by atoms with Gasteiger partial charge in [0, 0.05) is 11.8 Å². The first-order valence-electron chi connectivity index (χ1n) is 7.36. The van der Waals surface area contributed by atoms with Crippen molar-refractivity contribution < 1.29 is 4.79 Å². The second-order valence-corrected chi connectivity index (χ2v) is 6.82. The van der Waals surface area contributed by atoms with E-state index in [0.29, 0.717) is 11.9 Å². The molecule has 4 heteroatoms. The van der Waals surface area contributed by atoms with E-state index in [2.05, 4.69) is 17.6 Å². The summed E-state index contributed by atoms with van der Waals surface area (Å²) in [6, 6.07) is 0.417. The van der Waals surface area contributed by atoms with Crippen LogP contribution in [0.5, 0.6) is 0 Å². The van der Waals surface area contributed by atoms with Gasteiger partial charge in [-0.3, -0.25) is 4.79 Å². The van der Waals surface area contributed by atoms with E-state index >= 15 is 0 Å². The second kappa shape index (κ2) is 6.80. The van der Waals surface area contributed by atoms with Gasteiger partial charge in [-0.05, 0) is 50.9 Å². The molecule has 0 aromatic carbocycles.